The van der Waals surface area contributed by atoms with E-state index in [1.54, 1.807) is 13.2 Å². The van der Waals surface area contributed by atoms with E-state index in [2.05, 4.69) is 10.2 Å². The van der Waals surface area contributed by atoms with Crippen LogP contribution in [-0.4, -0.2) is 97.3 Å². The van der Waals surface area contributed by atoms with Gasteiger partial charge < -0.3 is 24.6 Å². The second-order valence-corrected chi connectivity index (χ2v) is 8.52. The van der Waals surface area contributed by atoms with Crippen LogP contribution in [0.3, 0.4) is 0 Å². The summed E-state index contributed by atoms with van der Waals surface area (Å²) in [6.45, 7) is 8.57. The lowest BCUT2D eigenvalue weighted by Gasteiger charge is -2.63. The van der Waals surface area contributed by atoms with E-state index in [1.807, 2.05) is 41.8 Å². The first kappa shape index (κ1) is 20.0. The maximum atomic E-state index is 13.2. The lowest BCUT2D eigenvalue weighted by molar-refractivity contribution is -0.147. The smallest absolute Gasteiger partial charge is 0.317 e. The third-order valence-corrected chi connectivity index (χ3v) is 6.03. The van der Waals surface area contributed by atoms with Gasteiger partial charge in [0.2, 0.25) is 0 Å². The van der Waals surface area contributed by atoms with Crippen LogP contribution in [0.4, 0.5) is 4.79 Å². The number of hydrogen-bond acceptors (Lipinski definition) is 5. The van der Waals surface area contributed by atoms with Gasteiger partial charge in [0.15, 0.2) is 0 Å². The number of nitrogens with one attached hydrogen (secondary N) is 1. The topological polar surface area (TPSA) is 74.3 Å². The molecule has 3 aliphatic heterocycles. The number of likely N-dealkylation sites (tertiary alicyclic amines) is 1. The molecular formula is C21H30N4O4. The molecule has 0 saturated carbocycles. The Labute approximate surface area is 171 Å². The molecule has 158 valence electrons. The molecule has 0 bridgehead atoms. The van der Waals surface area contributed by atoms with Gasteiger partial charge in [0, 0.05) is 44.3 Å². The minimum atomic E-state index is -0.199. The minimum absolute atomic E-state index is 0.00131. The predicted octanol–water partition coefficient (Wildman–Crippen LogP) is 1.02. The average Bonchev–Trinajstić information content (AvgIpc) is 2.70. The van der Waals surface area contributed by atoms with Crippen molar-refractivity contribution in [3.8, 4) is 5.75 Å². The summed E-state index contributed by atoms with van der Waals surface area (Å²) < 4.78 is 11.0. The Morgan fingerprint density at radius 3 is 2.72 bits per heavy atom. The van der Waals surface area contributed by atoms with Gasteiger partial charge in [0.05, 0.1) is 31.9 Å². The summed E-state index contributed by atoms with van der Waals surface area (Å²) in [7, 11) is 1.60. The quantitative estimate of drug-likeness (QED) is 0.817. The summed E-state index contributed by atoms with van der Waals surface area (Å²) in [6, 6.07) is 7.50. The van der Waals surface area contributed by atoms with Gasteiger partial charge in [0.1, 0.15) is 5.75 Å². The lowest BCUT2D eigenvalue weighted by atomic mass is 9.82. The highest BCUT2D eigenvalue weighted by Gasteiger charge is 2.56. The van der Waals surface area contributed by atoms with Crippen molar-refractivity contribution in [2.75, 3.05) is 53.0 Å². The first-order chi connectivity index (χ1) is 13.9. The largest absolute Gasteiger partial charge is 0.497 e. The molecule has 1 spiro atoms. The number of fused-ring (bicyclic) bond motifs is 2. The SMILES string of the molecule is COc1cccc(C(=O)N2C[C@@H]3COCCN3C3(CN(C(=O)NC(C)C)C3)C2)c1. The summed E-state index contributed by atoms with van der Waals surface area (Å²) in [5, 5.41) is 2.96. The third-order valence-electron chi connectivity index (χ3n) is 6.03. The molecule has 3 fully saturated rings. The normalized spacial score (nSPS) is 23.5. The van der Waals surface area contributed by atoms with E-state index >= 15 is 0 Å². The van der Waals surface area contributed by atoms with Gasteiger partial charge in [-0.25, -0.2) is 4.79 Å². The number of ether oxygens (including phenoxy) is 2. The Hall–Kier alpha value is -2.32. The monoisotopic (exact) mass is 402 g/mol. The summed E-state index contributed by atoms with van der Waals surface area (Å²) in [4.78, 5) is 31.9. The molecule has 0 unspecified atom stereocenters. The van der Waals surface area contributed by atoms with Crippen LogP contribution in [0.15, 0.2) is 24.3 Å². The molecule has 8 nitrogen and oxygen atoms in total. The average molecular weight is 402 g/mol. The van der Waals surface area contributed by atoms with Gasteiger partial charge in [-0.05, 0) is 32.0 Å². The fraction of sp³-hybridized carbons (Fsp3) is 0.619. The third kappa shape index (κ3) is 3.79. The Morgan fingerprint density at radius 1 is 1.24 bits per heavy atom. The van der Waals surface area contributed by atoms with Crippen molar-refractivity contribution in [1.82, 2.24) is 20.0 Å². The molecule has 1 N–H and O–H groups in total. The second kappa shape index (κ2) is 7.84. The first-order valence-corrected chi connectivity index (χ1v) is 10.3. The lowest BCUT2D eigenvalue weighted by Crippen LogP contribution is -2.82. The molecule has 3 aliphatic rings. The number of hydrogen-bond donors (Lipinski definition) is 1. The minimum Gasteiger partial charge on any atom is -0.497 e. The summed E-state index contributed by atoms with van der Waals surface area (Å²) in [5.74, 6) is 0.670. The van der Waals surface area contributed by atoms with Gasteiger partial charge >= 0.3 is 6.03 Å². The van der Waals surface area contributed by atoms with Crippen LogP contribution < -0.4 is 10.1 Å². The number of morpholine rings is 1. The Balaban J connectivity index is 1.52. The van der Waals surface area contributed by atoms with Crippen LogP contribution in [0.5, 0.6) is 5.75 Å². The molecule has 3 amide bonds. The Bertz CT molecular complexity index is 778. The van der Waals surface area contributed by atoms with Crippen molar-refractivity contribution in [2.45, 2.75) is 31.5 Å². The maximum absolute atomic E-state index is 13.2. The van der Waals surface area contributed by atoms with E-state index in [4.69, 9.17) is 9.47 Å². The van der Waals surface area contributed by atoms with Crippen molar-refractivity contribution >= 4 is 11.9 Å². The molecule has 3 saturated heterocycles. The van der Waals surface area contributed by atoms with Gasteiger partial charge in [-0.15, -0.1) is 0 Å². The molecule has 29 heavy (non-hydrogen) atoms. The highest BCUT2D eigenvalue weighted by molar-refractivity contribution is 5.95. The zero-order chi connectivity index (χ0) is 20.6. The van der Waals surface area contributed by atoms with Crippen LogP contribution in [0, 0.1) is 0 Å². The number of benzene rings is 1. The van der Waals surface area contributed by atoms with E-state index in [0.29, 0.717) is 50.7 Å². The van der Waals surface area contributed by atoms with Gasteiger partial charge in [0.25, 0.3) is 5.91 Å². The van der Waals surface area contributed by atoms with E-state index in [0.717, 1.165) is 6.54 Å². The molecule has 8 heteroatoms. The highest BCUT2D eigenvalue weighted by Crippen LogP contribution is 2.36. The van der Waals surface area contributed by atoms with E-state index in [9.17, 15) is 9.59 Å². The predicted molar refractivity (Wildman–Crippen MR) is 108 cm³/mol. The van der Waals surface area contributed by atoms with Gasteiger partial charge in [-0.3, -0.25) is 9.69 Å². The number of carbonyl (C=O) groups is 2. The number of methoxy groups -OCH3 is 1. The maximum Gasteiger partial charge on any atom is 0.317 e. The number of carbonyl (C=O) groups excluding carboxylic acids is 2. The van der Waals surface area contributed by atoms with E-state index in [1.165, 1.54) is 0 Å². The van der Waals surface area contributed by atoms with Crippen molar-refractivity contribution in [3.05, 3.63) is 29.8 Å². The number of urea groups is 1. The Morgan fingerprint density at radius 2 is 2.00 bits per heavy atom. The van der Waals surface area contributed by atoms with Crippen LogP contribution in [-0.2, 0) is 4.74 Å². The molecule has 0 aliphatic carbocycles. The second-order valence-electron chi connectivity index (χ2n) is 8.52. The van der Waals surface area contributed by atoms with Gasteiger partial charge in [-0.1, -0.05) is 6.07 Å². The molecule has 1 aromatic rings. The molecule has 3 heterocycles. The molecule has 0 aromatic heterocycles. The van der Waals surface area contributed by atoms with Crippen molar-refractivity contribution in [2.24, 2.45) is 0 Å². The zero-order valence-corrected chi connectivity index (χ0v) is 17.4. The van der Waals surface area contributed by atoms with Crippen LogP contribution >= 0.6 is 0 Å². The fourth-order valence-electron chi connectivity index (χ4n) is 4.72. The number of amides is 3. The Kier molecular flexibility index (Phi) is 5.40. The number of piperazine rings is 1. The van der Waals surface area contributed by atoms with E-state index < -0.39 is 0 Å². The van der Waals surface area contributed by atoms with Crippen LogP contribution in [0.1, 0.15) is 24.2 Å². The zero-order valence-electron chi connectivity index (χ0n) is 17.4. The fourth-order valence-corrected chi connectivity index (χ4v) is 4.72. The van der Waals surface area contributed by atoms with Gasteiger partial charge in [-0.2, -0.15) is 0 Å². The molecular weight excluding hydrogens is 372 g/mol. The van der Waals surface area contributed by atoms with E-state index in [-0.39, 0.29) is 29.6 Å². The molecule has 1 aromatic carbocycles. The summed E-state index contributed by atoms with van der Waals surface area (Å²) in [6.07, 6.45) is 0. The molecule has 0 radical (unpaired) electrons. The summed E-state index contributed by atoms with van der Waals surface area (Å²) in [5.41, 5.74) is 0.425. The number of nitrogens with zero attached hydrogens (tertiary/aromatic N) is 3. The first-order valence-electron chi connectivity index (χ1n) is 10.3. The summed E-state index contributed by atoms with van der Waals surface area (Å²) >= 11 is 0. The molecule has 1 atom stereocenters. The van der Waals surface area contributed by atoms with Crippen molar-refractivity contribution < 1.29 is 19.1 Å². The highest BCUT2D eigenvalue weighted by atomic mass is 16.5. The van der Waals surface area contributed by atoms with Crippen molar-refractivity contribution in [3.63, 3.8) is 0 Å². The van der Waals surface area contributed by atoms with Crippen molar-refractivity contribution in [1.29, 1.82) is 0 Å². The number of rotatable bonds is 3. The standard InChI is InChI=1S/C21H30N4O4/c1-15(2)22-20(27)24-13-21(14-24)12-23(10-17-11-29-8-7-25(17)21)19(26)16-5-4-6-18(9-16)28-3/h4-6,9,15,17H,7-8,10-14H2,1-3H3,(H,22,27)/t17-/m1/s1. The molecule has 4 rings (SSSR count). The van der Waals surface area contributed by atoms with Crippen LogP contribution in [0.25, 0.3) is 0 Å². The van der Waals surface area contributed by atoms with Crippen LogP contribution in [0.2, 0.25) is 0 Å².